The summed E-state index contributed by atoms with van der Waals surface area (Å²) in [6.07, 6.45) is 8.60. The molecule has 0 bridgehead atoms. The van der Waals surface area contributed by atoms with E-state index in [9.17, 15) is 9.59 Å². The lowest BCUT2D eigenvalue weighted by molar-refractivity contribution is -0.170. The lowest BCUT2D eigenvalue weighted by atomic mass is 9.74. The fourth-order valence-corrected chi connectivity index (χ4v) is 3.47. The molecule has 0 N–H and O–H groups in total. The average molecular weight is 324 g/mol. The Morgan fingerprint density at radius 3 is 2.26 bits per heavy atom. The van der Waals surface area contributed by atoms with Crippen LogP contribution in [0.4, 0.5) is 0 Å². The van der Waals surface area contributed by atoms with Gasteiger partial charge in [-0.05, 0) is 44.9 Å². The normalized spacial score (nSPS) is 16.0. The molecule has 1 saturated carbocycles. The molecule has 23 heavy (non-hydrogen) atoms. The van der Waals surface area contributed by atoms with Gasteiger partial charge in [0.2, 0.25) is 0 Å². The molecular weight excluding hydrogens is 292 g/mol. The van der Waals surface area contributed by atoms with Gasteiger partial charge < -0.3 is 9.47 Å². The standard InChI is InChI=1S/C19H32O4/c1-5-19(6-2,16-11-8-7-9-12-16)23-17(20)13-10-14-22-18(21)15(3)4/h16H,3,5-14H2,1-2,4H3. The number of carbonyl (C=O) groups is 2. The molecule has 1 rings (SSSR count). The molecule has 0 unspecified atom stereocenters. The first-order valence-electron chi connectivity index (χ1n) is 8.99. The van der Waals surface area contributed by atoms with Gasteiger partial charge in [-0.1, -0.05) is 39.7 Å². The fraction of sp³-hybridized carbons (Fsp3) is 0.789. The number of carbonyl (C=O) groups excluding carboxylic acids is 2. The Morgan fingerprint density at radius 2 is 1.74 bits per heavy atom. The first-order valence-corrected chi connectivity index (χ1v) is 8.99. The quantitative estimate of drug-likeness (QED) is 0.354. The Hall–Kier alpha value is -1.32. The number of rotatable bonds is 9. The van der Waals surface area contributed by atoms with Crippen molar-refractivity contribution in [1.29, 1.82) is 0 Å². The third-order valence-electron chi connectivity index (χ3n) is 4.97. The molecule has 0 aromatic carbocycles. The van der Waals surface area contributed by atoms with E-state index in [1.165, 1.54) is 19.3 Å². The van der Waals surface area contributed by atoms with Crippen LogP contribution in [0.1, 0.15) is 78.6 Å². The van der Waals surface area contributed by atoms with Crippen molar-refractivity contribution in [2.45, 2.75) is 84.2 Å². The third kappa shape index (κ3) is 6.00. The van der Waals surface area contributed by atoms with E-state index in [0.717, 1.165) is 25.7 Å². The maximum absolute atomic E-state index is 12.2. The van der Waals surface area contributed by atoms with E-state index in [1.54, 1.807) is 6.92 Å². The fourth-order valence-electron chi connectivity index (χ4n) is 3.47. The Balaban J connectivity index is 2.44. The zero-order valence-electron chi connectivity index (χ0n) is 15.0. The van der Waals surface area contributed by atoms with Crippen LogP contribution in [-0.2, 0) is 19.1 Å². The molecule has 132 valence electrons. The SMILES string of the molecule is C=C(C)C(=O)OCCCC(=O)OC(CC)(CC)C1CCCCC1. The smallest absolute Gasteiger partial charge is 0.333 e. The van der Waals surface area contributed by atoms with Gasteiger partial charge in [0.1, 0.15) is 5.60 Å². The molecule has 4 nitrogen and oxygen atoms in total. The number of ether oxygens (including phenoxy) is 2. The van der Waals surface area contributed by atoms with Crippen molar-refractivity contribution < 1.29 is 19.1 Å². The van der Waals surface area contributed by atoms with E-state index >= 15 is 0 Å². The highest BCUT2D eigenvalue weighted by Crippen LogP contribution is 2.39. The van der Waals surface area contributed by atoms with Crippen LogP contribution in [0.15, 0.2) is 12.2 Å². The van der Waals surface area contributed by atoms with Crippen LogP contribution in [0, 0.1) is 5.92 Å². The summed E-state index contributed by atoms with van der Waals surface area (Å²) >= 11 is 0. The second-order valence-corrected chi connectivity index (χ2v) is 6.60. The number of esters is 2. The molecule has 0 aliphatic heterocycles. The summed E-state index contributed by atoms with van der Waals surface area (Å²) in [4.78, 5) is 23.5. The van der Waals surface area contributed by atoms with Crippen LogP contribution >= 0.6 is 0 Å². The molecule has 0 atom stereocenters. The van der Waals surface area contributed by atoms with E-state index in [2.05, 4.69) is 20.4 Å². The summed E-state index contributed by atoms with van der Waals surface area (Å²) in [5.74, 6) is -0.0980. The molecule has 1 fully saturated rings. The van der Waals surface area contributed by atoms with Gasteiger partial charge in [-0.3, -0.25) is 4.79 Å². The second kappa shape index (κ2) is 9.74. The number of hydrogen-bond acceptors (Lipinski definition) is 4. The van der Waals surface area contributed by atoms with Crippen molar-refractivity contribution in [3.8, 4) is 0 Å². The predicted octanol–water partition coefficient (Wildman–Crippen LogP) is 4.57. The largest absolute Gasteiger partial charge is 0.462 e. The zero-order chi connectivity index (χ0) is 17.3. The van der Waals surface area contributed by atoms with Gasteiger partial charge in [0.15, 0.2) is 0 Å². The van der Waals surface area contributed by atoms with E-state index in [1.807, 2.05) is 0 Å². The minimum atomic E-state index is -0.406. The molecule has 0 radical (unpaired) electrons. The van der Waals surface area contributed by atoms with Crippen molar-refractivity contribution in [1.82, 2.24) is 0 Å². The summed E-state index contributed by atoms with van der Waals surface area (Å²) in [5.41, 5.74) is 0.0622. The molecular formula is C19H32O4. The van der Waals surface area contributed by atoms with Gasteiger partial charge >= 0.3 is 11.9 Å². The monoisotopic (exact) mass is 324 g/mol. The van der Waals surface area contributed by atoms with Gasteiger partial charge in [0.25, 0.3) is 0 Å². The Bertz CT molecular complexity index is 404. The first-order chi connectivity index (χ1) is 10.9. The second-order valence-electron chi connectivity index (χ2n) is 6.60. The predicted molar refractivity (Wildman–Crippen MR) is 91.0 cm³/mol. The Labute approximate surface area is 140 Å². The summed E-state index contributed by atoms with van der Waals surface area (Å²) in [5, 5.41) is 0. The molecule has 1 aliphatic rings. The van der Waals surface area contributed by atoms with Gasteiger partial charge in [-0.2, -0.15) is 0 Å². The zero-order valence-corrected chi connectivity index (χ0v) is 15.0. The highest BCUT2D eigenvalue weighted by molar-refractivity contribution is 5.86. The van der Waals surface area contributed by atoms with Crippen molar-refractivity contribution in [3.63, 3.8) is 0 Å². The van der Waals surface area contributed by atoms with Crippen LogP contribution < -0.4 is 0 Å². The van der Waals surface area contributed by atoms with Crippen molar-refractivity contribution in [3.05, 3.63) is 12.2 Å². The van der Waals surface area contributed by atoms with E-state index in [-0.39, 0.29) is 24.6 Å². The molecule has 0 aromatic heterocycles. The van der Waals surface area contributed by atoms with Crippen molar-refractivity contribution >= 4 is 11.9 Å². The van der Waals surface area contributed by atoms with Crippen LogP contribution in [0.3, 0.4) is 0 Å². The maximum Gasteiger partial charge on any atom is 0.333 e. The summed E-state index contributed by atoms with van der Waals surface area (Å²) < 4.78 is 10.9. The van der Waals surface area contributed by atoms with Crippen LogP contribution in [0.2, 0.25) is 0 Å². The van der Waals surface area contributed by atoms with Gasteiger partial charge in [-0.25, -0.2) is 4.79 Å². The highest BCUT2D eigenvalue weighted by Gasteiger charge is 2.39. The molecule has 4 heteroatoms. The summed E-state index contributed by atoms with van der Waals surface area (Å²) in [7, 11) is 0. The van der Waals surface area contributed by atoms with Crippen LogP contribution in [0.25, 0.3) is 0 Å². The van der Waals surface area contributed by atoms with E-state index < -0.39 is 5.97 Å². The van der Waals surface area contributed by atoms with Crippen LogP contribution in [-0.4, -0.2) is 24.1 Å². The Kier molecular flexibility index (Phi) is 8.35. The van der Waals surface area contributed by atoms with Crippen LogP contribution in [0.5, 0.6) is 0 Å². The molecule has 1 aliphatic carbocycles. The molecule has 0 amide bonds. The minimum Gasteiger partial charge on any atom is -0.462 e. The molecule has 0 spiro atoms. The Morgan fingerprint density at radius 1 is 1.13 bits per heavy atom. The average Bonchev–Trinajstić information content (AvgIpc) is 2.57. The highest BCUT2D eigenvalue weighted by atomic mass is 16.6. The van der Waals surface area contributed by atoms with E-state index in [4.69, 9.17) is 9.47 Å². The van der Waals surface area contributed by atoms with Gasteiger partial charge in [-0.15, -0.1) is 0 Å². The molecule has 0 saturated heterocycles. The van der Waals surface area contributed by atoms with Crippen molar-refractivity contribution in [2.75, 3.05) is 6.61 Å². The minimum absolute atomic E-state index is 0.175. The molecule has 0 heterocycles. The maximum atomic E-state index is 12.2. The lowest BCUT2D eigenvalue weighted by Crippen LogP contribution is -2.42. The van der Waals surface area contributed by atoms with Gasteiger partial charge in [0, 0.05) is 12.0 Å². The topological polar surface area (TPSA) is 52.6 Å². The lowest BCUT2D eigenvalue weighted by Gasteiger charge is -2.41. The molecule has 0 aromatic rings. The van der Waals surface area contributed by atoms with Crippen molar-refractivity contribution in [2.24, 2.45) is 5.92 Å². The summed E-state index contributed by atoms with van der Waals surface area (Å²) in [6, 6.07) is 0. The summed E-state index contributed by atoms with van der Waals surface area (Å²) in [6.45, 7) is 9.59. The number of hydrogen-bond donors (Lipinski definition) is 0. The van der Waals surface area contributed by atoms with E-state index in [0.29, 0.717) is 17.9 Å². The first kappa shape index (κ1) is 19.7. The van der Waals surface area contributed by atoms with Gasteiger partial charge in [0.05, 0.1) is 6.61 Å². The third-order valence-corrected chi connectivity index (χ3v) is 4.97.